The van der Waals surface area contributed by atoms with Crippen LogP contribution in [0.25, 0.3) is 0 Å². The number of carbonyl (C=O) groups is 2. The lowest BCUT2D eigenvalue weighted by Gasteiger charge is -2.38. The first-order chi connectivity index (χ1) is 15.3. The molecular formula is C22H31N7O3. The third-order valence-electron chi connectivity index (χ3n) is 6.99. The number of hydrogen-bond donors (Lipinski definition) is 3. The van der Waals surface area contributed by atoms with Crippen LogP contribution in [0, 0.1) is 12.3 Å². The van der Waals surface area contributed by atoms with Gasteiger partial charge in [-0.25, -0.2) is 15.8 Å². The van der Waals surface area contributed by atoms with E-state index in [2.05, 4.69) is 15.0 Å². The van der Waals surface area contributed by atoms with Gasteiger partial charge in [0.15, 0.2) is 5.78 Å². The van der Waals surface area contributed by atoms with E-state index in [1.165, 1.54) is 11.3 Å². The smallest absolute Gasteiger partial charge is 0.233 e. The molecule has 1 atom stereocenters. The Labute approximate surface area is 187 Å². The molecule has 10 nitrogen and oxygen atoms in total. The predicted molar refractivity (Wildman–Crippen MR) is 120 cm³/mol. The molecule has 4 rings (SSSR count). The summed E-state index contributed by atoms with van der Waals surface area (Å²) in [5, 5.41) is 15.4. The summed E-state index contributed by atoms with van der Waals surface area (Å²) >= 11 is 0. The summed E-state index contributed by atoms with van der Waals surface area (Å²) in [6, 6.07) is 3.53. The Morgan fingerprint density at radius 1 is 1.25 bits per heavy atom. The highest BCUT2D eigenvalue weighted by Gasteiger charge is 2.49. The Morgan fingerprint density at radius 2 is 1.97 bits per heavy atom. The van der Waals surface area contributed by atoms with Gasteiger partial charge in [-0.3, -0.25) is 9.59 Å². The molecule has 1 amide bonds. The molecule has 1 aliphatic carbocycles. The van der Waals surface area contributed by atoms with Crippen LogP contribution in [0.3, 0.4) is 0 Å². The second-order valence-electron chi connectivity index (χ2n) is 8.92. The number of carbonyl (C=O) groups excluding carboxylic acids is 2. The summed E-state index contributed by atoms with van der Waals surface area (Å²) in [6.07, 6.45) is 5.76. The average molecular weight is 442 g/mol. The fraction of sp³-hybridized carbons (Fsp3) is 0.545. The lowest BCUT2D eigenvalue weighted by atomic mass is 9.77. The number of likely N-dealkylation sites (tertiary alicyclic amines) is 2. The fourth-order valence-corrected chi connectivity index (χ4v) is 5.04. The van der Waals surface area contributed by atoms with E-state index in [9.17, 15) is 14.7 Å². The van der Waals surface area contributed by atoms with Crippen molar-refractivity contribution in [3.63, 3.8) is 0 Å². The molecule has 1 unspecified atom stereocenters. The van der Waals surface area contributed by atoms with Gasteiger partial charge in [-0.05, 0) is 51.8 Å². The van der Waals surface area contributed by atoms with Gasteiger partial charge in [-0.2, -0.15) is 5.10 Å². The zero-order chi connectivity index (χ0) is 22.9. The fourth-order valence-electron chi connectivity index (χ4n) is 5.04. The molecule has 2 fully saturated rings. The predicted octanol–water partition coefficient (Wildman–Crippen LogP) is 0.567. The third kappa shape index (κ3) is 4.25. The van der Waals surface area contributed by atoms with Crippen molar-refractivity contribution in [1.29, 1.82) is 0 Å². The number of aliphatic hydroxyl groups excluding tert-OH is 1. The van der Waals surface area contributed by atoms with Gasteiger partial charge in [0, 0.05) is 42.5 Å². The molecule has 3 aliphatic rings. The van der Waals surface area contributed by atoms with Gasteiger partial charge in [0.1, 0.15) is 12.2 Å². The van der Waals surface area contributed by atoms with Crippen LogP contribution < -0.4 is 16.7 Å². The van der Waals surface area contributed by atoms with Crippen LogP contribution in [0.5, 0.6) is 0 Å². The molecule has 0 radical (unpaired) electrons. The number of anilines is 1. The number of nitrogens with zero attached hydrogens (tertiary/aromatic N) is 5. The Hall–Kier alpha value is -2.82. The van der Waals surface area contributed by atoms with Crippen molar-refractivity contribution in [2.24, 2.45) is 22.2 Å². The van der Waals surface area contributed by atoms with Crippen molar-refractivity contribution in [2.75, 3.05) is 31.2 Å². The first-order valence-electron chi connectivity index (χ1n) is 11.0. The third-order valence-corrected chi connectivity index (χ3v) is 6.99. The molecule has 1 aromatic rings. The molecular weight excluding hydrogens is 410 g/mol. The summed E-state index contributed by atoms with van der Waals surface area (Å²) in [6.45, 7) is 4.51. The molecule has 2 saturated heterocycles. The summed E-state index contributed by atoms with van der Waals surface area (Å²) in [7, 11) is 0. The van der Waals surface area contributed by atoms with Gasteiger partial charge in [0.2, 0.25) is 5.91 Å². The van der Waals surface area contributed by atoms with Crippen molar-refractivity contribution in [3.05, 3.63) is 35.2 Å². The number of nitrogens with two attached hydrogens (primary N) is 2. The van der Waals surface area contributed by atoms with E-state index in [0.717, 1.165) is 43.6 Å². The van der Waals surface area contributed by atoms with Crippen molar-refractivity contribution < 1.29 is 14.7 Å². The maximum Gasteiger partial charge on any atom is 0.233 e. The number of aromatic nitrogens is 1. The second-order valence-corrected chi connectivity index (χ2v) is 8.92. The number of amides is 1. The lowest BCUT2D eigenvalue weighted by Crippen LogP contribution is -2.45. The Bertz CT molecular complexity index is 953. The van der Waals surface area contributed by atoms with Gasteiger partial charge in [-0.15, -0.1) is 0 Å². The molecule has 172 valence electrons. The number of hydrazone groups is 1. The lowest BCUT2D eigenvalue weighted by molar-refractivity contribution is -0.137. The highest BCUT2D eigenvalue weighted by molar-refractivity contribution is 5.95. The minimum atomic E-state index is -0.689. The molecule has 1 aromatic heterocycles. The zero-order valence-electron chi connectivity index (χ0n) is 18.4. The number of aliphatic hydroxyl groups is 1. The van der Waals surface area contributed by atoms with Gasteiger partial charge in [-0.1, -0.05) is 6.07 Å². The highest BCUT2D eigenvalue weighted by Crippen LogP contribution is 2.44. The standard InChI is InChI=1S/C22H31N7O3/c1-15-18(4-5-20(26-15)29(24)14-25-23)19(31)13-27-9-6-22(7-10-27)8-11-28(21(22)32)16-2-3-17(30)12-16/h4-5,12,14,19,31H,2-3,6-11,13,23-24H2,1H3/b25-14-. The molecule has 0 bridgehead atoms. The van der Waals surface area contributed by atoms with Crippen LogP contribution in [0.15, 0.2) is 29.0 Å². The number of aryl methyl sites for hydroxylation is 1. The summed E-state index contributed by atoms with van der Waals surface area (Å²) in [5.74, 6) is 11.7. The van der Waals surface area contributed by atoms with Crippen molar-refractivity contribution in [3.8, 4) is 0 Å². The van der Waals surface area contributed by atoms with E-state index < -0.39 is 6.10 Å². The molecule has 0 aromatic carbocycles. The minimum Gasteiger partial charge on any atom is -0.387 e. The first kappa shape index (κ1) is 22.4. The van der Waals surface area contributed by atoms with Gasteiger partial charge >= 0.3 is 0 Å². The normalized spacial score (nSPS) is 22.2. The second kappa shape index (κ2) is 8.97. The van der Waals surface area contributed by atoms with E-state index >= 15 is 0 Å². The number of ketones is 1. The number of hydrazine groups is 1. The molecule has 2 aliphatic heterocycles. The van der Waals surface area contributed by atoms with Crippen LogP contribution >= 0.6 is 0 Å². The number of β-amino-alcohol motifs (C(OH)–C–C–N with tert-alkyl or cyclic N) is 1. The molecule has 5 N–H and O–H groups in total. The molecule has 0 saturated carbocycles. The monoisotopic (exact) mass is 441 g/mol. The number of hydrogen-bond acceptors (Lipinski definition) is 8. The SMILES string of the molecule is Cc1nc(N(N)/C=N\N)ccc1C(O)CN1CCC2(CC1)CCN(C1=CC(=O)CC1)C2=O. The van der Waals surface area contributed by atoms with Crippen LogP contribution in [-0.4, -0.2) is 64.1 Å². The van der Waals surface area contributed by atoms with Crippen LogP contribution in [-0.2, 0) is 9.59 Å². The van der Waals surface area contributed by atoms with Crippen molar-refractivity contribution in [1.82, 2.24) is 14.8 Å². The average Bonchev–Trinajstić information content (AvgIpc) is 3.33. The number of piperidine rings is 1. The van der Waals surface area contributed by atoms with Crippen molar-refractivity contribution in [2.45, 2.75) is 45.1 Å². The molecule has 1 spiro atoms. The minimum absolute atomic E-state index is 0.113. The Kier molecular flexibility index (Phi) is 6.27. The highest BCUT2D eigenvalue weighted by atomic mass is 16.3. The molecule has 3 heterocycles. The quantitative estimate of drug-likeness (QED) is 0.252. The van der Waals surface area contributed by atoms with Crippen LogP contribution in [0.1, 0.15) is 49.5 Å². The van der Waals surface area contributed by atoms with E-state index in [-0.39, 0.29) is 17.1 Å². The maximum absolute atomic E-state index is 13.2. The first-order valence-corrected chi connectivity index (χ1v) is 11.0. The number of pyridine rings is 1. The van der Waals surface area contributed by atoms with E-state index in [1.54, 1.807) is 12.1 Å². The van der Waals surface area contributed by atoms with Gasteiger partial charge in [0.05, 0.1) is 11.5 Å². The van der Waals surface area contributed by atoms with E-state index in [4.69, 9.17) is 11.7 Å². The number of allylic oxidation sites excluding steroid dienone is 2. The largest absolute Gasteiger partial charge is 0.387 e. The van der Waals surface area contributed by atoms with E-state index in [1.807, 2.05) is 17.9 Å². The van der Waals surface area contributed by atoms with E-state index in [0.29, 0.717) is 37.4 Å². The van der Waals surface area contributed by atoms with Crippen molar-refractivity contribution >= 4 is 23.8 Å². The summed E-state index contributed by atoms with van der Waals surface area (Å²) in [4.78, 5) is 33.2. The molecule has 10 heteroatoms. The van der Waals surface area contributed by atoms with Crippen LogP contribution in [0.2, 0.25) is 0 Å². The van der Waals surface area contributed by atoms with Gasteiger partial charge < -0.3 is 20.7 Å². The van der Waals surface area contributed by atoms with Crippen LogP contribution in [0.4, 0.5) is 5.82 Å². The topological polar surface area (TPSA) is 141 Å². The summed E-state index contributed by atoms with van der Waals surface area (Å²) < 4.78 is 0. The number of rotatable bonds is 6. The maximum atomic E-state index is 13.2. The molecule has 32 heavy (non-hydrogen) atoms. The Morgan fingerprint density at radius 3 is 2.59 bits per heavy atom. The van der Waals surface area contributed by atoms with Gasteiger partial charge in [0.25, 0.3) is 0 Å². The Balaban J connectivity index is 1.35. The zero-order valence-corrected chi connectivity index (χ0v) is 18.4. The summed E-state index contributed by atoms with van der Waals surface area (Å²) in [5.41, 5.74) is 1.98.